The van der Waals surface area contributed by atoms with Crippen LogP contribution in [-0.2, 0) is 12.8 Å². The standard InChI is InChI=1S/C17H21N3O3/c1-4-5-16-20-13(11-18)17(23-16)19-9-8-12-6-7-14(21-2)15(10-12)22-3/h6-7,10,19H,4-5,8-9H2,1-3H3. The van der Waals surface area contributed by atoms with E-state index in [-0.39, 0.29) is 0 Å². The monoisotopic (exact) mass is 315 g/mol. The zero-order valence-corrected chi connectivity index (χ0v) is 13.7. The number of ether oxygens (including phenoxy) is 2. The first kappa shape index (κ1) is 16.7. The smallest absolute Gasteiger partial charge is 0.232 e. The Bertz CT molecular complexity index is 689. The number of aryl methyl sites for hydroxylation is 1. The molecule has 0 saturated heterocycles. The van der Waals surface area contributed by atoms with Gasteiger partial charge in [-0.25, -0.2) is 4.98 Å². The fourth-order valence-corrected chi connectivity index (χ4v) is 2.24. The quantitative estimate of drug-likeness (QED) is 0.806. The predicted octanol–water partition coefficient (Wildman–Crippen LogP) is 3.17. The van der Waals surface area contributed by atoms with E-state index in [4.69, 9.17) is 19.2 Å². The van der Waals surface area contributed by atoms with E-state index in [1.807, 2.05) is 25.1 Å². The van der Waals surface area contributed by atoms with Gasteiger partial charge in [-0.05, 0) is 30.5 Å². The molecular weight excluding hydrogens is 294 g/mol. The number of anilines is 1. The van der Waals surface area contributed by atoms with Crippen LogP contribution in [0.4, 0.5) is 5.88 Å². The van der Waals surface area contributed by atoms with Crippen LogP contribution in [-0.4, -0.2) is 25.7 Å². The molecule has 122 valence electrons. The largest absolute Gasteiger partial charge is 0.493 e. The summed E-state index contributed by atoms with van der Waals surface area (Å²) in [6.45, 7) is 2.67. The number of methoxy groups -OCH3 is 2. The third-order valence-corrected chi connectivity index (χ3v) is 3.39. The molecule has 0 aliphatic rings. The number of rotatable bonds is 8. The van der Waals surface area contributed by atoms with Gasteiger partial charge in [0.1, 0.15) is 6.07 Å². The number of nitrogens with zero attached hydrogens (tertiary/aromatic N) is 2. The predicted molar refractivity (Wildman–Crippen MR) is 87.0 cm³/mol. The highest BCUT2D eigenvalue weighted by Crippen LogP contribution is 2.27. The van der Waals surface area contributed by atoms with Crippen LogP contribution in [0.3, 0.4) is 0 Å². The van der Waals surface area contributed by atoms with Gasteiger partial charge in [0, 0.05) is 13.0 Å². The molecule has 6 nitrogen and oxygen atoms in total. The fraction of sp³-hybridized carbons (Fsp3) is 0.412. The van der Waals surface area contributed by atoms with Gasteiger partial charge in [0.05, 0.1) is 14.2 Å². The Hall–Kier alpha value is -2.68. The van der Waals surface area contributed by atoms with E-state index >= 15 is 0 Å². The Morgan fingerprint density at radius 1 is 1.22 bits per heavy atom. The van der Waals surface area contributed by atoms with E-state index in [0.717, 1.165) is 24.8 Å². The lowest BCUT2D eigenvalue weighted by Gasteiger charge is -2.09. The van der Waals surface area contributed by atoms with Crippen molar-refractivity contribution in [2.24, 2.45) is 0 Å². The molecular formula is C17H21N3O3. The van der Waals surface area contributed by atoms with Crippen molar-refractivity contribution in [2.75, 3.05) is 26.1 Å². The van der Waals surface area contributed by atoms with E-state index in [2.05, 4.69) is 16.4 Å². The second kappa shape index (κ2) is 8.08. The molecule has 0 atom stereocenters. The summed E-state index contributed by atoms with van der Waals surface area (Å²) in [5.41, 5.74) is 1.41. The first-order valence-electron chi connectivity index (χ1n) is 7.56. The first-order chi connectivity index (χ1) is 11.2. The molecule has 0 fully saturated rings. The van der Waals surface area contributed by atoms with Crippen molar-refractivity contribution in [3.8, 4) is 17.6 Å². The summed E-state index contributed by atoms with van der Waals surface area (Å²) < 4.78 is 16.1. The number of hydrogen-bond donors (Lipinski definition) is 1. The van der Waals surface area contributed by atoms with Gasteiger partial charge in [-0.3, -0.25) is 0 Å². The van der Waals surface area contributed by atoms with E-state index in [0.29, 0.717) is 35.5 Å². The zero-order chi connectivity index (χ0) is 16.7. The first-order valence-corrected chi connectivity index (χ1v) is 7.56. The molecule has 0 saturated carbocycles. The fourth-order valence-electron chi connectivity index (χ4n) is 2.24. The van der Waals surface area contributed by atoms with Gasteiger partial charge in [-0.1, -0.05) is 13.0 Å². The van der Waals surface area contributed by atoms with Gasteiger partial charge in [0.25, 0.3) is 0 Å². The van der Waals surface area contributed by atoms with Crippen LogP contribution in [0.2, 0.25) is 0 Å². The summed E-state index contributed by atoms with van der Waals surface area (Å²) in [4.78, 5) is 4.17. The molecule has 0 aliphatic carbocycles. The lowest BCUT2D eigenvalue weighted by atomic mass is 10.1. The molecule has 0 amide bonds. The number of aromatic nitrogens is 1. The van der Waals surface area contributed by atoms with Gasteiger partial charge in [-0.2, -0.15) is 5.26 Å². The van der Waals surface area contributed by atoms with E-state index in [9.17, 15) is 0 Å². The average molecular weight is 315 g/mol. The van der Waals surface area contributed by atoms with Gasteiger partial charge in [0.15, 0.2) is 17.4 Å². The number of nitrogens with one attached hydrogen (secondary N) is 1. The molecule has 0 spiro atoms. The van der Waals surface area contributed by atoms with Gasteiger partial charge < -0.3 is 19.2 Å². The molecule has 1 aromatic heterocycles. The topological polar surface area (TPSA) is 80.3 Å². The van der Waals surface area contributed by atoms with E-state index in [1.165, 1.54) is 0 Å². The van der Waals surface area contributed by atoms with Gasteiger partial charge in [-0.15, -0.1) is 0 Å². The van der Waals surface area contributed by atoms with Crippen LogP contribution in [0.1, 0.15) is 30.5 Å². The lowest BCUT2D eigenvalue weighted by Crippen LogP contribution is -2.05. The molecule has 0 aliphatic heterocycles. The van der Waals surface area contributed by atoms with Crippen molar-refractivity contribution >= 4 is 5.88 Å². The minimum Gasteiger partial charge on any atom is -0.493 e. The maximum atomic E-state index is 9.10. The Kier molecular flexibility index (Phi) is 5.87. The van der Waals surface area contributed by atoms with Crippen LogP contribution < -0.4 is 14.8 Å². The minimum atomic E-state index is 0.306. The number of benzene rings is 1. The molecule has 0 unspecified atom stereocenters. The molecule has 0 bridgehead atoms. The second-order valence-electron chi connectivity index (χ2n) is 5.01. The van der Waals surface area contributed by atoms with E-state index in [1.54, 1.807) is 14.2 Å². The van der Waals surface area contributed by atoms with Gasteiger partial charge >= 0.3 is 0 Å². The molecule has 2 aromatic rings. The summed E-state index contributed by atoms with van der Waals surface area (Å²) >= 11 is 0. The maximum Gasteiger partial charge on any atom is 0.232 e. The Balaban J connectivity index is 1.98. The van der Waals surface area contributed by atoms with Crippen molar-refractivity contribution < 1.29 is 13.9 Å². The number of oxazole rings is 1. The Morgan fingerprint density at radius 3 is 2.65 bits per heavy atom. The third-order valence-electron chi connectivity index (χ3n) is 3.39. The normalized spacial score (nSPS) is 10.2. The molecule has 1 N–H and O–H groups in total. The van der Waals surface area contributed by atoms with Gasteiger partial charge in [0.2, 0.25) is 11.6 Å². The zero-order valence-electron chi connectivity index (χ0n) is 13.7. The molecule has 2 rings (SSSR count). The average Bonchev–Trinajstić information content (AvgIpc) is 2.97. The second-order valence-corrected chi connectivity index (χ2v) is 5.01. The van der Waals surface area contributed by atoms with E-state index < -0.39 is 0 Å². The van der Waals surface area contributed by atoms with Crippen LogP contribution in [0.15, 0.2) is 22.6 Å². The summed E-state index contributed by atoms with van der Waals surface area (Å²) in [6, 6.07) is 7.85. The highest BCUT2D eigenvalue weighted by Gasteiger charge is 2.12. The maximum absolute atomic E-state index is 9.10. The van der Waals surface area contributed by atoms with Crippen molar-refractivity contribution in [3.05, 3.63) is 35.3 Å². The van der Waals surface area contributed by atoms with Crippen molar-refractivity contribution in [2.45, 2.75) is 26.2 Å². The molecule has 0 radical (unpaired) electrons. The highest BCUT2D eigenvalue weighted by atomic mass is 16.5. The molecule has 1 heterocycles. The van der Waals surface area contributed by atoms with Crippen LogP contribution in [0.25, 0.3) is 0 Å². The van der Waals surface area contributed by atoms with Crippen molar-refractivity contribution in [3.63, 3.8) is 0 Å². The molecule has 1 aromatic carbocycles. The summed E-state index contributed by atoms with van der Waals surface area (Å²) in [5.74, 6) is 2.44. The summed E-state index contributed by atoms with van der Waals surface area (Å²) in [7, 11) is 3.23. The number of hydrogen-bond acceptors (Lipinski definition) is 6. The third kappa shape index (κ3) is 4.16. The lowest BCUT2D eigenvalue weighted by molar-refractivity contribution is 0.354. The van der Waals surface area contributed by atoms with Crippen LogP contribution >= 0.6 is 0 Å². The highest BCUT2D eigenvalue weighted by molar-refractivity contribution is 5.46. The van der Waals surface area contributed by atoms with Crippen LogP contribution in [0.5, 0.6) is 11.5 Å². The summed E-state index contributed by atoms with van der Waals surface area (Å²) in [5, 5.41) is 12.2. The summed E-state index contributed by atoms with van der Waals surface area (Å²) in [6.07, 6.45) is 2.41. The molecule has 23 heavy (non-hydrogen) atoms. The van der Waals surface area contributed by atoms with Crippen LogP contribution in [0, 0.1) is 11.3 Å². The van der Waals surface area contributed by atoms with Crippen molar-refractivity contribution in [1.29, 1.82) is 5.26 Å². The SMILES string of the molecule is CCCc1nc(C#N)c(NCCc2ccc(OC)c(OC)c2)o1. The Morgan fingerprint density at radius 2 is 2.00 bits per heavy atom. The minimum absolute atomic E-state index is 0.306. The number of nitriles is 1. The Labute approximate surface area is 136 Å². The molecule has 6 heteroatoms. The van der Waals surface area contributed by atoms with Crippen molar-refractivity contribution in [1.82, 2.24) is 4.98 Å².